The van der Waals surface area contributed by atoms with Gasteiger partial charge in [0.2, 0.25) is 17.6 Å². The van der Waals surface area contributed by atoms with Crippen LogP contribution in [0.15, 0.2) is 22.0 Å². The molecule has 0 saturated carbocycles. The molecule has 162 valence electrons. The fraction of sp³-hybridized carbons (Fsp3) is 0.619. The third kappa shape index (κ3) is 4.89. The third-order valence-corrected chi connectivity index (χ3v) is 6.80. The van der Waals surface area contributed by atoms with Gasteiger partial charge in [0.1, 0.15) is 0 Å². The number of aromatic nitrogens is 2. The highest BCUT2D eigenvalue weighted by Gasteiger charge is 2.33. The second-order valence-corrected chi connectivity index (χ2v) is 8.84. The lowest BCUT2D eigenvalue weighted by atomic mass is 9.92. The Balaban J connectivity index is 1.22. The molecule has 0 aliphatic carbocycles. The van der Waals surface area contributed by atoms with E-state index in [1.165, 1.54) is 0 Å². The van der Waals surface area contributed by atoms with Gasteiger partial charge in [0.15, 0.2) is 0 Å². The van der Waals surface area contributed by atoms with Crippen molar-refractivity contribution in [1.82, 2.24) is 19.9 Å². The van der Waals surface area contributed by atoms with Crippen LogP contribution in [0.1, 0.15) is 38.5 Å². The monoisotopic (exact) mass is 432 g/mol. The maximum Gasteiger partial charge on any atom is 0.309 e. The SMILES string of the molecule is CCOC(=O)C1CCN(C(=O)C2CCN(Cc3nc(-c4cccs4)no3)CC2)CC1. The zero-order valence-electron chi connectivity index (χ0n) is 17.3. The highest BCUT2D eigenvalue weighted by atomic mass is 32.1. The molecule has 2 aliphatic heterocycles. The number of thiophene rings is 1. The van der Waals surface area contributed by atoms with Gasteiger partial charge in [-0.3, -0.25) is 14.5 Å². The van der Waals surface area contributed by atoms with Crippen LogP contribution in [-0.2, 0) is 20.9 Å². The van der Waals surface area contributed by atoms with E-state index in [0.29, 0.717) is 50.8 Å². The van der Waals surface area contributed by atoms with E-state index in [4.69, 9.17) is 9.26 Å². The van der Waals surface area contributed by atoms with Gasteiger partial charge in [0, 0.05) is 19.0 Å². The fourth-order valence-corrected chi connectivity index (χ4v) is 4.86. The van der Waals surface area contributed by atoms with Crippen molar-refractivity contribution in [1.29, 1.82) is 0 Å². The number of esters is 1. The van der Waals surface area contributed by atoms with Gasteiger partial charge in [0.05, 0.1) is 23.9 Å². The smallest absolute Gasteiger partial charge is 0.309 e. The van der Waals surface area contributed by atoms with E-state index in [-0.39, 0.29) is 23.7 Å². The number of hydrogen-bond donors (Lipinski definition) is 0. The maximum absolute atomic E-state index is 12.9. The standard InChI is InChI=1S/C21H28N4O4S/c1-2-28-21(27)16-7-11-25(12-8-16)20(26)15-5-9-24(10-6-15)14-18-22-19(23-29-18)17-4-3-13-30-17/h3-4,13,15-16H,2,5-12,14H2,1H3. The molecule has 2 aromatic heterocycles. The molecule has 0 radical (unpaired) electrons. The number of amides is 1. The van der Waals surface area contributed by atoms with E-state index >= 15 is 0 Å². The van der Waals surface area contributed by atoms with E-state index in [2.05, 4.69) is 15.0 Å². The molecule has 0 spiro atoms. The molecule has 4 rings (SSSR count). The van der Waals surface area contributed by atoms with Crippen LogP contribution in [-0.4, -0.2) is 64.6 Å². The summed E-state index contributed by atoms with van der Waals surface area (Å²) in [4.78, 5) is 34.5. The second-order valence-electron chi connectivity index (χ2n) is 7.89. The van der Waals surface area contributed by atoms with Gasteiger partial charge >= 0.3 is 5.97 Å². The number of carbonyl (C=O) groups is 2. The topological polar surface area (TPSA) is 88.8 Å². The quantitative estimate of drug-likeness (QED) is 0.649. The Morgan fingerprint density at radius 2 is 1.90 bits per heavy atom. The molecule has 0 atom stereocenters. The Bertz CT molecular complexity index is 837. The summed E-state index contributed by atoms with van der Waals surface area (Å²) >= 11 is 1.59. The summed E-state index contributed by atoms with van der Waals surface area (Å²) in [6.07, 6.45) is 3.07. The minimum Gasteiger partial charge on any atom is -0.466 e. The lowest BCUT2D eigenvalue weighted by molar-refractivity contribution is -0.152. The van der Waals surface area contributed by atoms with Crippen molar-refractivity contribution in [2.75, 3.05) is 32.8 Å². The van der Waals surface area contributed by atoms with Crippen LogP contribution in [0.4, 0.5) is 0 Å². The molecule has 0 bridgehead atoms. The van der Waals surface area contributed by atoms with Crippen molar-refractivity contribution in [3.63, 3.8) is 0 Å². The maximum atomic E-state index is 12.9. The summed E-state index contributed by atoms with van der Waals surface area (Å²) in [6, 6.07) is 3.95. The summed E-state index contributed by atoms with van der Waals surface area (Å²) in [7, 11) is 0. The van der Waals surface area contributed by atoms with E-state index in [9.17, 15) is 9.59 Å². The first kappa shape index (κ1) is 21.0. The van der Waals surface area contributed by atoms with Crippen LogP contribution < -0.4 is 0 Å². The molecule has 2 fully saturated rings. The molecule has 1 amide bonds. The lowest BCUT2D eigenvalue weighted by Gasteiger charge is -2.36. The van der Waals surface area contributed by atoms with Crippen LogP contribution in [0, 0.1) is 11.8 Å². The molecule has 0 unspecified atom stereocenters. The minimum atomic E-state index is -0.124. The Kier molecular flexibility index (Phi) is 6.79. The first-order valence-corrected chi connectivity index (χ1v) is 11.6. The third-order valence-electron chi connectivity index (χ3n) is 5.93. The van der Waals surface area contributed by atoms with Crippen molar-refractivity contribution < 1.29 is 18.8 Å². The molecule has 0 N–H and O–H groups in total. The van der Waals surface area contributed by atoms with Gasteiger partial charge in [-0.2, -0.15) is 4.98 Å². The molecule has 2 saturated heterocycles. The molecular formula is C21H28N4O4S. The van der Waals surface area contributed by atoms with Gasteiger partial charge in [-0.15, -0.1) is 11.3 Å². The average molecular weight is 433 g/mol. The van der Waals surface area contributed by atoms with Gasteiger partial charge in [-0.25, -0.2) is 0 Å². The Morgan fingerprint density at radius 1 is 1.17 bits per heavy atom. The van der Waals surface area contributed by atoms with Gasteiger partial charge < -0.3 is 14.2 Å². The molecule has 9 heteroatoms. The first-order valence-electron chi connectivity index (χ1n) is 10.7. The molecule has 2 aliphatic rings. The van der Waals surface area contributed by atoms with Gasteiger partial charge in [0.25, 0.3) is 0 Å². The Morgan fingerprint density at radius 3 is 2.57 bits per heavy atom. The number of piperidine rings is 2. The summed E-state index contributed by atoms with van der Waals surface area (Å²) in [6.45, 7) is 5.83. The number of ether oxygens (including phenoxy) is 1. The predicted octanol–water partition coefficient (Wildman–Crippen LogP) is 2.81. The molecule has 0 aromatic carbocycles. The van der Waals surface area contributed by atoms with E-state index in [1.54, 1.807) is 11.3 Å². The highest BCUT2D eigenvalue weighted by Crippen LogP contribution is 2.26. The molecule has 30 heavy (non-hydrogen) atoms. The minimum absolute atomic E-state index is 0.0600. The van der Waals surface area contributed by atoms with E-state index in [1.807, 2.05) is 29.3 Å². The zero-order chi connectivity index (χ0) is 20.9. The number of likely N-dealkylation sites (tertiary alicyclic amines) is 2. The van der Waals surface area contributed by atoms with E-state index in [0.717, 1.165) is 30.8 Å². The summed E-state index contributed by atoms with van der Waals surface area (Å²) in [5.74, 6) is 1.35. The number of hydrogen-bond acceptors (Lipinski definition) is 8. The second kappa shape index (κ2) is 9.70. The average Bonchev–Trinajstić information content (AvgIpc) is 3.46. The Labute approximate surface area is 180 Å². The zero-order valence-corrected chi connectivity index (χ0v) is 18.1. The molecular weight excluding hydrogens is 404 g/mol. The van der Waals surface area contributed by atoms with Crippen molar-refractivity contribution in [2.45, 2.75) is 39.2 Å². The molecule has 2 aromatic rings. The number of nitrogens with zero attached hydrogens (tertiary/aromatic N) is 4. The van der Waals surface area contributed by atoms with Crippen LogP contribution in [0.5, 0.6) is 0 Å². The van der Waals surface area contributed by atoms with E-state index < -0.39 is 0 Å². The van der Waals surface area contributed by atoms with Gasteiger partial charge in [-0.05, 0) is 57.1 Å². The van der Waals surface area contributed by atoms with Crippen LogP contribution in [0.2, 0.25) is 0 Å². The number of carbonyl (C=O) groups excluding carboxylic acids is 2. The normalized spacial score (nSPS) is 19.2. The van der Waals surface area contributed by atoms with Crippen LogP contribution in [0.25, 0.3) is 10.7 Å². The largest absolute Gasteiger partial charge is 0.466 e. The number of rotatable bonds is 6. The van der Waals surface area contributed by atoms with Crippen molar-refractivity contribution in [3.8, 4) is 10.7 Å². The summed E-state index contributed by atoms with van der Waals surface area (Å²) in [5.41, 5.74) is 0. The summed E-state index contributed by atoms with van der Waals surface area (Å²) in [5, 5.41) is 6.06. The first-order chi connectivity index (χ1) is 14.6. The van der Waals surface area contributed by atoms with Crippen molar-refractivity contribution in [2.24, 2.45) is 11.8 Å². The Hall–Kier alpha value is -2.26. The molecule has 8 nitrogen and oxygen atoms in total. The van der Waals surface area contributed by atoms with Crippen LogP contribution >= 0.6 is 11.3 Å². The molecule has 4 heterocycles. The lowest BCUT2D eigenvalue weighted by Crippen LogP contribution is -2.46. The van der Waals surface area contributed by atoms with Crippen molar-refractivity contribution >= 4 is 23.2 Å². The van der Waals surface area contributed by atoms with Gasteiger partial charge in [-0.1, -0.05) is 11.2 Å². The van der Waals surface area contributed by atoms with Crippen molar-refractivity contribution in [3.05, 3.63) is 23.4 Å². The summed E-state index contributed by atoms with van der Waals surface area (Å²) < 4.78 is 10.5. The predicted molar refractivity (Wildman–Crippen MR) is 112 cm³/mol. The highest BCUT2D eigenvalue weighted by molar-refractivity contribution is 7.13. The fourth-order valence-electron chi connectivity index (χ4n) is 4.21. The van der Waals surface area contributed by atoms with Crippen LogP contribution in [0.3, 0.4) is 0 Å².